The van der Waals surface area contributed by atoms with Crippen molar-refractivity contribution in [3.05, 3.63) is 11.6 Å². The van der Waals surface area contributed by atoms with Gasteiger partial charge in [-0.2, -0.15) is 0 Å². The van der Waals surface area contributed by atoms with E-state index in [0.717, 1.165) is 57.8 Å². The Balaban J connectivity index is 1.50. The van der Waals surface area contributed by atoms with Gasteiger partial charge in [-0.1, -0.05) is 47.1 Å². The molecular weight excluding hydrogens is 516 g/mol. The van der Waals surface area contributed by atoms with Gasteiger partial charge in [0.2, 0.25) is 0 Å². The number of carbonyl (C=O) groups excluding carboxylic acids is 3. The summed E-state index contributed by atoms with van der Waals surface area (Å²) in [6.45, 7) is 17.9. The van der Waals surface area contributed by atoms with Gasteiger partial charge >= 0.3 is 12.0 Å². The number of ether oxygens (including phenoxy) is 1. The lowest BCUT2D eigenvalue weighted by Crippen LogP contribution is -2.67. The predicted octanol–water partition coefficient (Wildman–Crippen LogP) is 5.94. The topological polar surface area (TPSA) is 105 Å². The highest BCUT2D eigenvalue weighted by Crippen LogP contribution is 2.74. The first-order valence-corrected chi connectivity index (χ1v) is 16.1. The molecule has 0 heterocycles. The first-order valence-electron chi connectivity index (χ1n) is 16.1. The molecule has 41 heavy (non-hydrogen) atoms. The smallest absolute Gasteiger partial charge is 0.315 e. The SMILES string of the molecule is CC(=O)O[C@H]1CC[C@]2(C)[C@H]3C(=O)C=C4[C@@H]5C[C@@](C)(NC(=O)NCCO)CC[C@]5(C)CC[C@@]4(C)[C@]3(C)CC[C@H]2C1(C)C. The fourth-order valence-corrected chi connectivity index (χ4v) is 11.2. The third-order valence-electron chi connectivity index (χ3n) is 13.6. The number of carbonyl (C=O) groups is 3. The first-order chi connectivity index (χ1) is 19.0. The summed E-state index contributed by atoms with van der Waals surface area (Å²) in [6, 6.07) is -0.234. The molecule has 9 atom stereocenters. The van der Waals surface area contributed by atoms with Gasteiger partial charge in [0, 0.05) is 30.3 Å². The van der Waals surface area contributed by atoms with E-state index < -0.39 is 0 Å². The van der Waals surface area contributed by atoms with E-state index in [-0.39, 0.29) is 75.7 Å². The number of aliphatic hydroxyl groups is 1. The number of ketones is 1. The normalized spacial score (nSPS) is 46.6. The van der Waals surface area contributed by atoms with Crippen LogP contribution >= 0.6 is 0 Å². The average molecular weight is 571 g/mol. The monoisotopic (exact) mass is 570 g/mol. The van der Waals surface area contributed by atoms with Crippen molar-refractivity contribution in [2.75, 3.05) is 13.2 Å². The van der Waals surface area contributed by atoms with Crippen LogP contribution in [0, 0.1) is 44.8 Å². The quantitative estimate of drug-likeness (QED) is 0.363. The van der Waals surface area contributed by atoms with Gasteiger partial charge in [0.05, 0.1) is 6.61 Å². The third kappa shape index (κ3) is 4.50. The largest absolute Gasteiger partial charge is 0.462 e. The molecule has 4 fully saturated rings. The van der Waals surface area contributed by atoms with Gasteiger partial charge in [0.25, 0.3) is 0 Å². The number of allylic oxidation sites excluding steroid dienone is 2. The van der Waals surface area contributed by atoms with Crippen molar-refractivity contribution in [3.8, 4) is 0 Å². The van der Waals surface area contributed by atoms with Crippen LogP contribution < -0.4 is 10.6 Å². The molecule has 3 N–H and O–H groups in total. The van der Waals surface area contributed by atoms with E-state index in [1.54, 1.807) is 0 Å². The zero-order valence-electron chi connectivity index (χ0n) is 26.7. The summed E-state index contributed by atoms with van der Waals surface area (Å²) in [7, 11) is 0. The minimum atomic E-state index is -0.369. The number of esters is 1. The summed E-state index contributed by atoms with van der Waals surface area (Å²) in [4.78, 5) is 39.1. The Bertz CT molecular complexity index is 1150. The van der Waals surface area contributed by atoms with Crippen LogP contribution in [-0.4, -0.2) is 47.7 Å². The molecule has 0 radical (unpaired) electrons. The number of hydrogen-bond acceptors (Lipinski definition) is 5. The maximum atomic E-state index is 14.5. The third-order valence-corrected chi connectivity index (χ3v) is 13.6. The van der Waals surface area contributed by atoms with Crippen molar-refractivity contribution in [2.45, 2.75) is 125 Å². The summed E-state index contributed by atoms with van der Waals surface area (Å²) in [5.41, 5.74) is 0.499. The van der Waals surface area contributed by atoms with Crippen LogP contribution in [0.2, 0.25) is 0 Å². The number of hydrogen-bond donors (Lipinski definition) is 3. The Morgan fingerprint density at radius 3 is 2.32 bits per heavy atom. The summed E-state index contributed by atoms with van der Waals surface area (Å²) in [5, 5.41) is 15.1. The summed E-state index contributed by atoms with van der Waals surface area (Å²) in [5.74, 6) is 0.566. The first kappa shape index (κ1) is 30.6. The molecule has 5 aliphatic carbocycles. The Kier molecular flexibility index (Phi) is 7.32. The van der Waals surface area contributed by atoms with Crippen LogP contribution in [0.5, 0.6) is 0 Å². The lowest BCUT2D eigenvalue weighted by molar-refractivity contribution is -0.210. The van der Waals surface area contributed by atoms with Crippen LogP contribution in [0.15, 0.2) is 11.6 Å². The van der Waals surface area contributed by atoms with Crippen LogP contribution in [0.3, 0.4) is 0 Å². The van der Waals surface area contributed by atoms with Crippen LogP contribution in [0.25, 0.3) is 0 Å². The lowest BCUT2D eigenvalue weighted by Gasteiger charge is -2.70. The maximum Gasteiger partial charge on any atom is 0.315 e. The van der Waals surface area contributed by atoms with E-state index in [1.807, 2.05) is 0 Å². The highest BCUT2D eigenvalue weighted by Gasteiger charge is 2.70. The van der Waals surface area contributed by atoms with Gasteiger partial charge in [0.1, 0.15) is 6.10 Å². The second kappa shape index (κ2) is 9.82. The fourth-order valence-electron chi connectivity index (χ4n) is 11.2. The number of fused-ring (bicyclic) bond motifs is 7. The Morgan fingerprint density at radius 2 is 1.66 bits per heavy atom. The molecular formula is C34H54N2O5. The molecule has 2 amide bonds. The summed E-state index contributed by atoms with van der Waals surface area (Å²) in [6.07, 6.45) is 10.7. The maximum absolute atomic E-state index is 14.5. The van der Waals surface area contributed by atoms with Crippen LogP contribution in [0.4, 0.5) is 4.79 Å². The number of rotatable bonds is 4. The lowest BCUT2D eigenvalue weighted by atomic mass is 9.33. The standard InChI is InChI=1S/C34H54N2O5/c1-21(38)41-26-10-11-32(6)25(29(26,2)3)9-12-34(8)27(32)24(39)19-22-23-20-31(5,36-28(40)35-17-18-37)15-13-30(23,4)14-16-33(22,34)7/h19,23,25-27,37H,9-18,20H2,1-8H3,(H2,35,36,40)/t23-,25-,26-,27+,30+,31-,32-,33+,34+/m0/s1. The van der Waals surface area contributed by atoms with E-state index in [2.05, 4.69) is 65.2 Å². The van der Waals surface area contributed by atoms with E-state index in [1.165, 1.54) is 12.5 Å². The van der Waals surface area contributed by atoms with Crippen molar-refractivity contribution in [1.29, 1.82) is 0 Å². The van der Waals surface area contributed by atoms with Gasteiger partial charge in [-0.25, -0.2) is 4.79 Å². The van der Waals surface area contributed by atoms with Crippen molar-refractivity contribution in [2.24, 2.45) is 44.8 Å². The molecule has 0 saturated heterocycles. The molecule has 0 aliphatic heterocycles. The van der Waals surface area contributed by atoms with Gasteiger partial charge in [-0.3, -0.25) is 9.59 Å². The van der Waals surface area contributed by atoms with Crippen molar-refractivity contribution in [1.82, 2.24) is 10.6 Å². The average Bonchev–Trinajstić information content (AvgIpc) is 2.86. The molecule has 5 aliphatic rings. The zero-order valence-corrected chi connectivity index (χ0v) is 26.7. The molecule has 5 rings (SSSR count). The molecule has 0 aromatic heterocycles. The minimum absolute atomic E-state index is 0.0539. The van der Waals surface area contributed by atoms with Crippen LogP contribution in [-0.2, 0) is 14.3 Å². The zero-order chi connectivity index (χ0) is 30.2. The Labute approximate surface area is 247 Å². The molecule has 4 saturated carbocycles. The molecule has 230 valence electrons. The number of aliphatic hydroxyl groups excluding tert-OH is 1. The Morgan fingerprint density at radius 1 is 0.976 bits per heavy atom. The highest BCUT2D eigenvalue weighted by atomic mass is 16.5. The van der Waals surface area contributed by atoms with Crippen molar-refractivity contribution >= 4 is 17.8 Å². The highest BCUT2D eigenvalue weighted by molar-refractivity contribution is 5.95. The van der Waals surface area contributed by atoms with Crippen molar-refractivity contribution < 1.29 is 24.2 Å². The van der Waals surface area contributed by atoms with E-state index >= 15 is 0 Å². The fraction of sp³-hybridized carbons (Fsp3) is 0.853. The molecule has 0 bridgehead atoms. The van der Waals surface area contributed by atoms with Gasteiger partial charge in [0.15, 0.2) is 5.78 Å². The number of urea groups is 1. The minimum Gasteiger partial charge on any atom is -0.462 e. The molecule has 0 unspecified atom stereocenters. The van der Waals surface area contributed by atoms with Gasteiger partial charge in [-0.05, 0) is 104 Å². The van der Waals surface area contributed by atoms with Crippen LogP contribution in [0.1, 0.15) is 113 Å². The van der Waals surface area contributed by atoms with Gasteiger partial charge in [-0.15, -0.1) is 0 Å². The molecule has 7 heteroatoms. The number of amides is 2. The molecule has 0 aromatic rings. The van der Waals surface area contributed by atoms with Gasteiger partial charge < -0.3 is 20.5 Å². The predicted molar refractivity (Wildman–Crippen MR) is 159 cm³/mol. The second-order valence-corrected chi connectivity index (χ2v) is 16.3. The molecule has 7 nitrogen and oxygen atoms in total. The number of nitrogens with one attached hydrogen (secondary N) is 2. The second-order valence-electron chi connectivity index (χ2n) is 16.3. The molecule has 0 spiro atoms. The molecule has 0 aromatic carbocycles. The summed E-state index contributed by atoms with van der Waals surface area (Å²) < 4.78 is 5.85. The van der Waals surface area contributed by atoms with E-state index in [9.17, 15) is 14.4 Å². The van der Waals surface area contributed by atoms with E-state index in [0.29, 0.717) is 11.7 Å². The Hall–Kier alpha value is -1.89. The van der Waals surface area contributed by atoms with Crippen molar-refractivity contribution in [3.63, 3.8) is 0 Å². The summed E-state index contributed by atoms with van der Waals surface area (Å²) >= 11 is 0. The van der Waals surface area contributed by atoms with E-state index in [4.69, 9.17) is 9.84 Å².